The predicted molar refractivity (Wildman–Crippen MR) is 191 cm³/mol. The predicted octanol–water partition coefficient (Wildman–Crippen LogP) is 5.98. The molecule has 50 heavy (non-hydrogen) atoms. The molecule has 0 fully saturated rings. The lowest BCUT2D eigenvalue weighted by molar-refractivity contribution is -0.139. The second-order valence-corrected chi connectivity index (χ2v) is 14.9. The molecular weight excluding hydrogens is 657 g/mol. The van der Waals surface area contributed by atoms with Crippen LogP contribution in [-0.4, -0.2) is 49.8 Å². The van der Waals surface area contributed by atoms with E-state index in [0.29, 0.717) is 28.8 Å². The molecule has 0 unspecified atom stereocenters. The van der Waals surface area contributed by atoms with Crippen molar-refractivity contribution in [3.63, 3.8) is 0 Å². The second kappa shape index (κ2) is 13.2. The van der Waals surface area contributed by atoms with Gasteiger partial charge in [-0.25, -0.2) is 9.59 Å². The van der Waals surface area contributed by atoms with E-state index in [1.165, 1.54) is 0 Å². The molecule has 1 heterocycles. The summed E-state index contributed by atoms with van der Waals surface area (Å²) in [6.07, 6.45) is -0.275. The summed E-state index contributed by atoms with van der Waals surface area (Å²) < 4.78 is 42.5. The van der Waals surface area contributed by atoms with Crippen LogP contribution in [0.3, 0.4) is 0 Å². The highest BCUT2D eigenvalue weighted by atomic mass is 32.2. The largest absolute Gasteiger partial charge is 0.487 e. The minimum absolute atomic E-state index is 0.0193. The SMILES string of the molecule is Cc1c(C)c(S(=O)(=O)/N=C(\N)Nc2ccc(C[C@@H](NC(=O)OCC3c4ccccc4-c4ccccc43)C(=O)O)cc2)c(C)c2c1OC(C)(C)C2. The Bertz CT molecular complexity index is 2100. The summed E-state index contributed by atoms with van der Waals surface area (Å²) in [6, 6.07) is 21.2. The maximum absolute atomic E-state index is 13.5. The smallest absolute Gasteiger partial charge is 0.407 e. The molecule has 0 bridgehead atoms. The van der Waals surface area contributed by atoms with Crippen LogP contribution >= 0.6 is 0 Å². The van der Waals surface area contributed by atoms with E-state index in [2.05, 4.69) is 15.0 Å². The first-order valence-corrected chi connectivity index (χ1v) is 17.7. The van der Waals surface area contributed by atoms with E-state index in [0.717, 1.165) is 39.1 Å². The lowest BCUT2D eigenvalue weighted by atomic mass is 9.94. The van der Waals surface area contributed by atoms with Crippen molar-refractivity contribution in [2.75, 3.05) is 11.9 Å². The van der Waals surface area contributed by atoms with Crippen LogP contribution in [0, 0.1) is 20.8 Å². The number of rotatable bonds is 9. The normalized spacial score (nSPS) is 15.3. The third kappa shape index (κ3) is 6.75. The van der Waals surface area contributed by atoms with Gasteiger partial charge in [0.2, 0.25) is 5.96 Å². The number of hydrogen-bond acceptors (Lipinski definition) is 6. The summed E-state index contributed by atoms with van der Waals surface area (Å²) >= 11 is 0. The maximum Gasteiger partial charge on any atom is 0.407 e. The van der Waals surface area contributed by atoms with E-state index in [4.69, 9.17) is 15.2 Å². The number of aliphatic carboxylic acids is 1. The molecule has 0 radical (unpaired) electrons. The number of alkyl carbamates (subject to hydrolysis) is 1. The van der Waals surface area contributed by atoms with E-state index in [1.807, 2.05) is 69.3 Å². The van der Waals surface area contributed by atoms with Gasteiger partial charge in [0.1, 0.15) is 24.0 Å². The molecule has 1 atom stereocenters. The fraction of sp³-hybridized carbons (Fsp3) is 0.289. The Morgan fingerprint density at radius 2 is 1.56 bits per heavy atom. The average Bonchev–Trinajstić information content (AvgIpc) is 3.57. The maximum atomic E-state index is 13.5. The van der Waals surface area contributed by atoms with Crippen molar-refractivity contribution in [1.82, 2.24) is 5.32 Å². The molecule has 1 amide bonds. The van der Waals surface area contributed by atoms with E-state index in [1.54, 1.807) is 38.1 Å². The minimum Gasteiger partial charge on any atom is -0.487 e. The highest BCUT2D eigenvalue weighted by Gasteiger charge is 2.37. The van der Waals surface area contributed by atoms with Crippen molar-refractivity contribution in [3.05, 3.63) is 112 Å². The third-order valence-electron chi connectivity index (χ3n) is 9.37. The van der Waals surface area contributed by atoms with E-state index >= 15 is 0 Å². The van der Waals surface area contributed by atoms with Gasteiger partial charge in [-0.2, -0.15) is 8.42 Å². The number of amides is 1. The van der Waals surface area contributed by atoms with Crippen LogP contribution in [0.15, 0.2) is 82.1 Å². The molecule has 2 aliphatic rings. The van der Waals surface area contributed by atoms with Gasteiger partial charge in [-0.3, -0.25) is 0 Å². The molecule has 0 saturated carbocycles. The van der Waals surface area contributed by atoms with E-state index in [-0.39, 0.29) is 29.8 Å². The lowest BCUT2D eigenvalue weighted by Crippen LogP contribution is -2.42. The van der Waals surface area contributed by atoms with Gasteiger partial charge in [0.25, 0.3) is 10.0 Å². The van der Waals surface area contributed by atoms with Gasteiger partial charge in [-0.15, -0.1) is 4.40 Å². The molecule has 4 aromatic rings. The summed E-state index contributed by atoms with van der Waals surface area (Å²) in [6.45, 7) is 9.31. The fourth-order valence-electron chi connectivity index (χ4n) is 6.92. The second-order valence-electron chi connectivity index (χ2n) is 13.4. The zero-order valence-electron chi connectivity index (χ0n) is 28.5. The summed E-state index contributed by atoms with van der Waals surface area (Å²) in [5.74, 6) is -0.982. The fourth-order valence-corrected chi connectivity index (χ4v) is 8.37. The molecule has 260 valence electrons. The van der Waals surface area contributed by atoms with Crippen LogP contribution in [0.2, 0.25) is 0 Å². The summed E-state index contributed by atoms with van der Waals surface area (Å²) in [5, 5.41) is 15.1. The van der Waals surface area contributed by atoms with Crippen LogP contribution < -0.4 is 21.1 Å². The number of nitrogens with zero attached hydrogens (tertiary/aromatic N) is 1. The van der Waals surface area contributed by atoms with Gasteiger partial charge >= 0.3 is 12.1 Å². The summed E-state index contributed by atoms with van der Waals surface area (Å²) in [7, 11) is -4.18. The molecule has 11 nitrogen and oxygen atoms in total. The number of nitrogens with one attached hydrogen (secondary N) is 2. The quantitative estimate of drug-likeness (QED) is 0.122. The van der Waals surface area contributed by atoms with Crippen molar-refractivity contribution in [2.24, 2.45) is 10.1 Å². The van der Waals surface area contributed by atoms with Crippen LogP contribution in [0.1, 0.15) is 58.7 Å². The molecule has 0 aromatic heterocycles. The minimum atomic E-state index is -4.18. The van der Waals surface area contributed by atoms with Gasteiger partial charge in [-0.05, 0) is 91.3 Å². The first kappa shape index (κ1) is 34.5. The number of carbonyl (C=O) groups is 2. The van der Waals surface area contributed by atoms with Crippen LogP contribution in [0.5, 0.6) is 5.75 Å². The molecule has 0 saturated heterocycles. The van der Waals surface area contributed by atoms with E-state index in [9.17, 15) is 23.1 Å². The van der Waals surface area contributed by atoms with E-state index < -0.39 is 33.7 Å². The van der Waals surface area contributed by atoms with Gasteiger partial charge in [-0.1, -0.05) is 60.7 Å². The Hall–Kier alpha value is -5.36. The Morgan fingerprint density at radius 3 is 2.16 bits per heavy atom. The number of hydrogen-bond donors (Lipinski definition) is 4. The topological polar surface area (TPSA) is 169 Å². The number of fused-ring (bicyclic) bond motifs is 4. The third-order valence-corrected chi connectivity index (χ3v) is 10.9. The van der Waals surface area contributed by atoms with Crippen molar-refractivity contribution < 1.29 is 32.6 Å². The van der Waals surface area contributed by atoms with Gasteiger partial charge in [0.05, 0.1) is 4.90 Å². The van der Waals surface area contributed by atoms with Crippen LogP contribution in [0.25, 0.3) is 11.1 Å². The van der Waals surface area contributed by atoms with Gasteiger partial charge in [0, 0.05) is 30.0 Å². The number of carbonyl (C=O) groups excluding carboxylic acids is 1. The monoisotopic (exact) mass is 696 g/mol. The number of guanidine groups is 1. The van der Waals surface area contributed by atoms with Crippen molar-refractivity contribution in [1.29, 1.82) is 0 Å². The van der Waals surface area contributed by atoms with Crippen LogP contribution in [-0.2, 0) is 32.4 Å². The number of ether oxygens (including phenoxy) is 2. The van der Waals surface area contributed by atoms with Gasteiger partial charge in [0.15, 0.2) is 0 Å². The number of nitrogens with two attached hydrogens (primary N) is 1. The summed E-state index contributed by atoms with van der Waals surface area (Å²) in [4.78, 5) is 25.0. The first-order valence-electron chi connectivity index (χ1n) is 16.3. The van der Waals surface area contributed by atoms with Crippen molar-refractivity contribution in [3.8, 4) is 16.9 Å². The van der Waals surface area contributed by atoms with Gasteiger partial charge < -0.3 is 30.9 Å². The number of sulfonamides is 1. The molecule has 12 heteroatoms. The average molecular weight is 697 g/mol. The zero-order chi connectivity index (χ0) is 36.0. The first-order chi connectivity index (χ1) is 23.6. The molecule has 1 aliphatic carbocycles. The Kier molecular flexibility index (Phi) is 9.08. The Morgan fingerprint density at radius 1 is 0.960 bits per heavy atom. The van der Waals surface area contributed by atoms with Crippen molar-refractivity contribution in [2.45, 2.75) is 69.9 Å². The number of carboxylic acid groups (broad SMARTS) is 1. The molecular formula is C38H40N4O7S. The highest BCUT2D eigenvalue weighted by molar-refractivity contribution is 7.90. The molecule has 4 aromatic carbocycles. The molecule has 5 N–H and O–H groups in total. The highest BCUT2D eigenvalue weighted by Crippen LogP contribution is 2.45. The standard InChI is InChI=1S/C38H40N4O7S/c1-21-22(2)34(23(3)30-19-38(4,5)49-33(21)30)50(46,47)42-36(39)40-25-16-14-24(15-17-25)18-32(35(43)44)41-37(45)48-20-31-28-12-8-6-10-26(28)27-11-7-9-13-29(27)31/h6-17,31-32H,18-20H2,1-5H3,(H,41,45)(H,43,44)(H3,39,40,42)/t32-/m1/s1. The molecule has 6 rings (SSSR count). The number of benzene rings is 4. The number of carboxylic acids is 1. The molecule has 0 spiro atoms. The van der Waals surface area contributed by atoms with Crippen molar-refractivity contribution >= 4 is 33.7 Å². The van der Waals surface area contributed by atoms with Crippen LogP contribution in [0.4, 0.5) is 10.5 Å². The molecule has 1 aliphatic heterocycles. The number of anilines is 1. The Balaban J connectivity index is 1.09. The zero-order valence-corrected chi connectivity index (χ0v) is 29.4. The summed E-state index contributed by atoms with van der Waals surface area (Å²) in [5.41, 5.74) is 13.7. The Labute approximate surface area is 291 Å². The lowest BCUT2D eigenvalue weighted by Gasteiger charge is -2.18.